The number of nitrogens with two attached hydrogens (primary N) is 1. The second-order valence-electron chi connectivity index (χ2n) is 5.57. The summed E-state index contributed by atoms with van der Waals surface area (Å²) in [4.78, 5) is 11.5. The first-order chi connectivity index (χ1) is 13.3. The van der Waals surface area contributed by atoms with E-state index in [4.69, 9.17) is 10.3 Å². The molecule has 1 aromatic carbocycles. The molecule has 0 amide bonds. The fourth-order valence-electron chi connectivity index (χ4n) is 2.18. The zero-order valence-electron chi connectivity index (χ0n) is 14.2. The maximum Gasteiger partial charge on any atom is 0.419 e. The number of nitrogens with zero attached hydrogens (tertiary/aromatic N) is 4. The molecule has 0 fully saturated rings. The molecule has 144 valence electrons. The van der Waals surface area contributed by atoms with Gasteiger partial charge >= 0.3 is 6.18 Å². The molecule has 0 saturated carbocycles. The number of hydrogen-bond acceptors (Lipinski definition) is 6. The zero-order valence-corrected chi connectivity index (χ0v) is 14.2. The minimum Gasteiger partial charge on any atom is -0.396 e. The number of aromatic nitrogens is 3. The lowest BCUT2D eigenvalue weighted by atomic mass is 10.2. The average Bonchev–Trinajstić information content (AvgIpc) is 3.20. The van der Waals surface area contributed by atoms with E-state index in [1.807, 2.05) is 0 Å². The van der Waals surface area contributed by atoms with Crippen LogP contribution in [0.5, 0.6) is 0 Å². The first-order valence-corrected chi connectivity index (χ1v) is 7.90. The van der Waals surface area contributed by atoms with Crippen LogP contribution in [0.3, 0.4) is 0 Å². The first-order valence-electron chi connectivity index (χ1n) is 7.90. The summed E-state index contributed by atoms with van der Waals surface area (Å²) < 4.78 is 56.4. The Morgan fingerprint density at radius 3 is 2.46 bits per heavy atom. The quantitative estimate of drug-likeness (QED) is 0.530. The first kappa shape index (κ1) is 19.2. The maximum atomic E-state index is 13.8. The lowest BCUT2D eigenvalue weighted by molar-refractivity contribution is -0.138. The van der Waals surface area contributed by atoms with Gasteiger partial charge in [0.25, 0.3) is 0 Å². The summed E-state index contributed by atoms with van der Waals surface area (Å²) in [5.74, 6) is -0.538. The molecule has 3 aromatic rings. The maximum absolute atomic E-state index is 13.8. The number of alkyl halides is 3. The lowest BCUT2D eigenvalue weighted by Gasteiger charge is -2.06. The van der Waals surface area contributed by atoms with Crippen LogP contribution in [-0.2, 0) is 12.7 Å². The largest absolute Gasteiger partial charge is 0.419 e. The van der Waals surface area contributed by atoms with Crippen molar-refractivity contribution in [3.8, 4) is 0 Å². The van der Waals surface area contributed by atoms with Crippen molar-refractivity contribution in [1.82, 2.24) is 15.1 Å². The number of rotatable bonds is 5. The van der Waals surface area contributed by atoms with E-state index in [2.05, 4.69) is 20.1 Å². The van der Waals surface area contributed by atoms with E-state index in [9.17, 15) is 17.6 Å². The van der Waals surface area contributed by atoms with Crippen LogP contribution in [0.1, 0.15) is 22.6 Å². The van der Waals surface area contributed by atoms with Gasteiger partial charge in [0.15, 0.2) is 5.82 Å². The third-order valence-corrected chi connectivity index (χ3v) is 3.61. The van der Waals surface area contributed by atoms with Crippen LogP contribution >= 0.6 is 0 Å². The SMILES string of the molecule is NC(=CC(=NCc1ccccc1F)c1ccon1)c1ncc(C(F)(F)F)cn1. The molecule has 0 spiro atoms. The fourth-order valence-corrected chi connectivity index (χ4v) is 2.18. The minimum atomic E-state index is -4.55. The second-order valence-corrected chi connectivity index (χ2v) is 5.57. The molecule has 10 heteroatoms. The lowest BCUT2D eigenvalue weighted by Crippen LogP contribution is -2.11. The third kappa shape index (κ3) is 4.58. The van der Waals surface area contributed by atoms with E-state index in [1.165, 1.54) is 24.5 Å². The van der Waals surface area contributed by atoms with Crippen LogP contribution in [0.25, 0.3) is 5.70 Å². The van der Waals surface area contributed by atoms with Crippen molar-refractivity contribution in [3.05, 3.63) is 83.5 Å². The van der Waals surface area contributed by atoms with E-state index in [1.54, 1.807) is 18.2 Å². The molecule has 2 aromatic heterocycles. The smallest absolute Gasteiger partial charge is 0.396 e. The highest BCUT2D eigenvalue weighted by molar-refractivity contribution is 6.10. The van der Waals surface area contributed by atoms with E-state index in [0.29, 0.717) is 23.7 Å². The predicted octanol–water partition coefficient (Wildman–Crippen LogP) is 3.61. The van der Waals surface area contributed by atoms with Gasteiger partial charge in [-0.1, -0.05) is 23.4 Å². The molecular weight excluding hydrogens is 378 g/mol. The molecule has 0 aliphatic carbocycles. The number of hydrogen-bond donors (Lipinski definition) is 1. The van der Waals surface area contributed by atoms with E-state index in [-0.39, 0.29) is 23.8 Å². The van der Waals surface area contributed by atoms with Gasteiger partial charge in [0.1, 0.15) is 17.8 Å². The molecule has 0 atom stereocenters. The number of allylic oxidation sites excluding steroid dienone is 1. The molecule has 2 heterocycles. The average molecular weight is 391 g/mol. The Kier molecular flexibility index (Phi) is 5.48. The van der Waals surface area contributed by atoms with Crippen molar-refractivity contribution in [2.45, 2.75) is 12.7 Å². The Hall–Kier alpha value is -3.56. The van der Waals surface area contributed by atoms with Crippen molar-refractivity contribution in [1.29, 1.82) is 0 Å². The van der Waals surface area contributed by atoms with Crippen LogP contribution < -0.4 is 5.73 Å². The summed E-state index contributed by atoms with van der Waals surface area (Å²) in [7, 11) is 0. The summed E-state index contributed by atoms with van der Waals surface area (Å²) in [6.45, 7) is -0.00743. The van der Waals surface area contributed by atoms with E-state index >= 15 is 0 Å². The highest BCUT2D eigenvalue weighted by Gasteiger charge is 2.31. The van der Waals surface area contributed by atoms with E-state index in [0.717, 1.165) is 0 Å². The van der Waals surface area contributed by atoms with Crippen molar-refractivity contribution in [2.24, 2.45) is 10.7 Å². The monoisotopic (exact) mass is 391 g/mol. The highest BCUT2D eigenvalue weighted by atomic mass is 19.4. The molecule has 0 bridgehead atoms. The van der Waals surface area contributed by atoms with Crippen molar-refractivity contribution in [3.63, 3.8) is 0 Å². The summed E-state index contributed by atoms with van der Waals surface area (Å²) >= 11 is 0. The molecule has 0 saturated heterocycles. The predicted molar refractivity (Wildman–Crippen MR) is 92.3 cm³/mol. The van der Waals surface area contributed by atoms with Crippen molar-refractivity contribution < 1.29 is 22.1 Å². The zero-order chi connectivity index (χ0) is 20.1. The van der Waals surface area contributed by atoms with Gasteiger partial charge in [-0.2, -0.15) is 13.2 Å². The minimum absolute atomic E-state index is 0.00743. The topological polar surface area (TPSA) is 90.2 Å². The standard InChI is InChI=1S/C18H13F4N5O/c19-13-4-2-1-3-11(13)8-24-16(15-5-6-28-27-15)7-14(23)17-25-9-12(10-26-17)18(20,21)22/h1-7,9-10H,8,23H2. The second kappa shape index (κ2) is 7.99. The fraction of sp³-hybridized carbons (Fsp3) is 0.111. The van der Waals surface area contributed by atoms with Crippen LogP contribution in [0.4, 0.5) is 17.6 Å². The molecule has 0 aliphatic rings. The Labute approximate surface area is 156 Å². The van der Waals surface area contributed by atoms with Crippen molar-refractivity contribution >= 4 is 11.4 Å². The Bertz CT molecular complexity index is 996. The van der Waals surface area contributed by atoms with Gasteiger partial charge in [-0.3, -0.25) is 4.99 Å². The number of aliphatic imine (C=N–C) groups is 1. The van der Waals surface area contributed by atoms with Gasteiger partial charge in [0.05, 0.1) is 23.5 Å². The van der Waals surface area contributed by atoms with Gasteiger partial charge in [0, 0.05) is 24.0 Å². The molecule has 3 rings (SSSR count). The molecule has 28 heavy (non-hydrogen) atoms. The van der Waals surface area contributed by atoms with Crippen molar-refractivity contribution in [2.75, 3.05) is 0 Å². The number of benzene rings is 1. The van der Waals surface area contributed by atoms with Crippen LogP contribution in [0, 0.1) is 5.82 Å². The molecule has 0 aliphatic heterocycles. The molecule has 0 radical (unpaired) electrons. The Balaban J connectivity index is 1.90. The van der Waals surface area contributed by atoms with Gasteiger partial charge in [-0.25, -0.2) is 14.4 Å². The normalized spacial score (nSPS) is 13.0. The molecule has 2 N–H and O–H groups in total. The summed E-state index contributed by atoms with van der Waals surface area (Å²) in [6, 6.07) is 7.62. The molecule has 0 unspecified atom stereocenters. The Morgan fingerprint density at radius 2 is 1.86 bits per heavy atom. The van der Waals surface area contributed by atoms with Gasteiger partial charge in [0.2, 0.25) is 0 Å². The van der Waals surface area contributed by atoms with Gasteiger partial charge in [-0.15, -0.1) is 0 Å². The summed E-state index contributed by atoms with van der Waals surface area (Å²) in [6.07, 6.45) is -0.636. The van der Waals surface area contributed by atoms with Gasteiger partial charge < -0.3 is 10.3 Å². The van der Waals surface area contributed by atoms with Crippen LogP contribution in [0.15, 0.2) is 64.6 Å². The van der Waals surface area contributed by atoms with Crippen LogP contribution in [-0.4, -0.2) is 20.8 Å². The Morgan fingerprint density at radius 1 is 1.14 bits per heavy atom. The third-order valence-electron chi connectivity index (χ3n) is 3.61. The van der Waals surface area contributed by atoms with E-state index < -0.39 is 17.6 Å². The summed E-state index contributed by atoms with van der Waals surface area (Å²) in [5.41, 5.74) is 5.77. The molecular formula is C18H13F4N5O. The highest BCUT2D eigenvalue weighted by Crippen LogP contribution is 2.28. The van der Waals surface area contributed by atoms with Crippen LogP contribution in [0.2, 0.25) is 0 Å². The van der Waals surface area contributed by atoms with Gasteiger partial charge in [-0.05, 0) is 12.1 Å². The number of halogens is 4. The summed E-state index contributed by atoms with van der Waals surface area (Å²) in [5, 5.41) is 3.76. The molecule has 6 nitrogen and oxygen atoms in total.